The van der Waals surface area contributed by atoms with Crippen molar-refractivity contribution in [1.29, 1.82) is 0 Å². The van der Waals surface area contributed by atoms with E-state index in [4.69, 9.17) is 19.9 Å². The Hall–Kier alpha value is -3.56. The van der Waals surface area contributed by atoms with Gasteiger partial charge in [-0.05, 0) is 67.1 Å². The highest BCUT2D eigenvalue weighted by molar-refractivity contribution is 7.72. The fourth-order valence-corrected chi connectivity index (χ4v) is 7.35. The number of fused-ring (bicyclic) bond motifs is 3. The number of hydrogen-bond acceptors (Lipinski definition) is 9. The molecule has 2 heterocycles. The van der Waals surface area contributed by atoms with E-state index in [1.165, 1.54) is 0 Å². The first kappa shape index (κ1) is 34.8. The molecule has 3 aliphatic rings. The van der Waals surface area contributed by atoms with Gasteiger partial charge in [-0.3, -0.25) is 9.79 Å². The van der Waals surface area contributed by atoms with Crippen molar-refractivity contribution in [3.8, 4) is 11.1 Å². The van der Waals surface area contributed by atoms with Crippen molar-refractivity contribution >= 4 is 37.0 Å². The molecule has 2 aliphatic heterocycles. The molecule has 4 N–H and O–H groups in total. The fourth-order valence-electron chi connectivity index (χ4n) is 6.40. The first-order valence-corrected chi connectivity index (χ1v) is 19.3. The number of ether oxygens (including phenoxy) is 3. The second-order valence-electron chi connectivity index (χ2n) is 13.3. The van der Waals surface area contributed by atoms with E-state index in [1.54, 1.807) is 13.0 Å². The van der Waals surface area contributed by atoms with Gasteiger partial charge in [-0.1, -0.05) is 68.0 Å². The van der Waals surface area contributed by atoms with E-state index in [2.05, 4.69) is 41.7 Å². The van der Waals surface area contributed by atoms with Crippen LogP contribution in [0.2, 0.25) is 0 Å². The van der Waals surface area contributed by atoms with Crippen molar-refractivity contribution in [3.05, 3.63) is 71.8 Å². The zero-order chi connectivity index (χ0) is 33.7. The van der Waals surface area contributed by atoms with Gasteiger partial charge >= 0.3 is 12.1 Å². The number of dihydropyridines is 1. The highest BCUT2D eigenvalue weighted by atomic mass is 31.2. The Bertz CT molecular complexity index is 1550. The van der Waals surface area contributed by atoms with E-state index in [0.29, 0.717) is 43.9 Å². The molecule has 0 amide bonds. The summed E-state index contributed by atoms with van der Waals surface area (Å²) in [6.07, 6.45) is 6.71. The molecule has 1 fully saturated rings. The van der Waals surface area contributed by atoms with E-state index in [1.807, 2.05) is 42.5 Å². The number of carbonyl (C=O) groups excluding carboxylic acids is 2. The van der Waals surface area contributed by atoms with Gasteiger partial charge in [0.1, 0.15) is 30.5 Å². The van der Waals surface area contributed by atoms with Crippen LogP contribution in [0.25, 0.3) is 11.1 Å². The topological polar surface area (TPSA) is 153 Å². The first-order chi connectivity index (χ1) is 22.4. The van der Waals surface area contributed by atoms with Crippen molar-refractivity contribution in [2.24, 2.45) is 27.6 Å². The molecule has 0 radical (unpaired) electrons. The highest BCUT2D eigenvalue weighted by Gasteiger charge is 2.47. The van der Waals surface area contributed by atoms with Crippen LogP contribution in [0.4, 0.5) is 4.79 Å². The zero-order valence-electron chi connectivity index (χ0n) is 27.3. The Balaban J connectivity index is 1.07. The number of esters is 1. The molecule has 2 aromatic rings. The van der Waals surface area contributed by atoms with Crippen LogP contribution < -0.4 is 5.73 Å². The van der Waals surface area contributed by atoms with E-state index in [9.17, 15) is 19.8 Å². The first-order valence-electron chi connectivity index (χ1n) is 16.2. The summed E-state index contributed by atoms with van der Waals surface area (Å²) in [6.45, 7) is 5.16. The van der Waals surface area contributed by atoms with Gasteiger partial charge < -0.3 is 30.2 Å². The monoisotopic (exact) mass is 663 g/mol. The minimum Gasteiger partial charge on any atom is -0.433 e. The van der Waals surface area contributed by atoms with Gasteiger partial charge in [0, 0.05) is 12.5 Å². The van der Waals surface area contributed by atoms with Crippen LogP contribution in [0.15, 0.2) is 70.7 Å². The van der Waals surface area contributed by atoms with E-state index >= 15 is 0 Å². The number of unbranched alkanes of at least 4 members (excludes halogenated alkanes) is 1. The number of aliphatic hydroxyl groups is 2. The van der Waals surface area contributed by atoms with Gasteiger partial charge in [0.25, 0.3) is 0 Å². The molecule has 11 heteroatoms. The third-order valence-corrected chi connectivity index (χ3v) is 10.5. The summed E-state index contributed by atoms with van der Waals surface area (Å²) < 4.78 is 16.6. The van der Waals surface area contributed by atoms with E-state index in [0.717, 1.165) is 28.4 Å². The van der Waals surface area contributed by atoms with Crippen LogP contribution in [-0.2, 0) is 19.0 Å². The molecule has 0 spiro atoms. The number of amidine groups is 2. The molecule has 47 heavy (non-hydrogen) atoms. The summed E-state index contributed by atoms with van der Waals surface area (Å²) in [4.78, 5) is 34.1. The summed E-state index contributed by atoms with van der Waals surface area (Å²) >= 11 is 0. The van der Waals surface area contributed by atoms with Crippen LogP contribution >= 0.6 is 6.89 Å². The minimum absolute atomic E-state index is 0.0796. The molecule has 6 atom stereocenters. The number of aliphatic imine (C=N–C) groups is 2. The Morgan fingerprint density at radius 1 is 1.06 bits per heavy atom. The molecule has 1 saturated heterocycles. The number of rotatable bonds is 12. The number of nitrogens with zero attached hydrogens (tertiary/aromatic N) is 2. The molecule has 0 saturated carbocycles. The van der Waals surface area contributed by atoms with Crippen molar-refractivity contribution in [2.45, 2.75) is 62.9 Å². The summed E-state index contributed by atoms with van der Waals surface area (Å²) in [7, 11) is 0. The third-order valence-electron chi connectivity index (χ3n) is 9.02. The maximum Gasteiger partial charge on any atom is 0.516 e. The Morgan fingerprint density at radius 2 is 1.72 bits per heavy atom. The number of nitrogens with two attached hydrogens (primary N) is 1. The summed E-state index contributed by atoms with van der Waals surface area (Å²) in [5.41, 5.74) is 10.3. The van der Waals surface area contributed by atoms with Crippen LogP contribution in [0.5, 0.6) is 0 Å². The average Bonchev–Trinajstić information content (AvgIpc) is 3.51. The third kappa shape index (κ3) is 8.49. The van der Waals surface area contributed by atoms with E-state index < -0.39 is 55.3 Å². The lowest BCUT2D eigenvalue weighted by molar-refractivity contribution is -0.144. The van der Waals surface area contributed by atoms with Crippen molar-refractivity contribution in [1.82, 2.24) is 0 Å². The van der Waals surface area contributed by atoms with Gasteiger partial charge in [0.15, 0.2) is 0 Å². The quantitative estimate of drug-likeness (QED) is 0.127. The predicted octanol–water partition coefficient (Wildman–Crippen LogP) is 4.82. The van der Waals surface area contributed by atoms with Gasteiger partial charge in [-0.2, -0.15) is 0 Å². The SMILES string of the molecule is C=P(C)(C)CC[C@H]1O[C@@H](C2C=CC(N)=NC2=NCCCCC(C)C(=O)OC(=O)OCC2c3ccccc3-c3ccccc32)[C@H](O)[C@@H]1O. The summed E-state index contributed by atoms with van der Waals surface area (Å²) in [6, 6.07) is 16.1. The van der Waals surface area contributed by atoms with Gasteiger partial charge in [-0.25, -0.2) is 9.79 Å². The summed E-state index contributed by atoms with van der Waals surface area (Å²) in [5, 5.41) is 21.5. The van der Waals surface area contributed by atoms with Crippen LogP contribution in [-0.4, -0.2) is 97.4 Å². The standard InChI is InChI=1S/C36H46N3O7P/c1-22(35(42)46-36(43)44-21-28-25-14-7-5-12-23(25)24-13-6-8-15-26(24)28)11-9-10-19-38-34-27(16-17-30(37)39-34)33-32(41)31(40)29(45-33)18-20-47(2,3)4/h5-8,12-17,22,27-29,31-33,40-41H,2,9-11,18-21H2,1,3-4H3,(H2,37,38,39)/t22?,27?,29-,31-,32-,33+/m1/s1. The number of benzene rings is 2. The smallest absolute Gasteiger partial charge is 0.433 e. The van der Waals surface area contributed by atoms with Gasteiger partial charge in [0.2, 0.25) is 0 Å². The normalized spacial score (nSPS) is 25.3. The highest BCUT2D eigenvalue weighted by Crippen LogP contribution is 2.44. The van der Waals surface area contributed by atoms with Gasteiger partial charge in [-0.15, -0.1) is 13.2 Å². The maximum atomic E-state index is 12.6. The van der Waals surface area contributed by atoms with Crippen LogP contribution in [0.3, 0.4) is 0 Å². The van der Waals surface area contributed by atoms with Crippen LogP contribution in [0.1, 0.15) is 49.7 Å². The Morgan fingerprint density at radius 3 is 2.38 bits per heavy atom. The van der Waals surface area contributed by atoms with Crippen molar-refractivity contribution < 1.29 is 34.0 Å². The Labute approximate surface area is 276 Å². The van der Waals surface area contributed by atoms with Crippen molar-refractivity contribution in [2.75, 3.05) is 32.6 Å². The average molecular weight is 664 g/mol. The number of aliphatic hydroxyl groups excluding tert-OH is 2. The lowest BCUT2D eigenvalue weighted by atomic mass is 9.93. The number of hydrogen-bond donors (Lipinski definition) is 3. The Kier molecular flexibility index (Phi) is 11.2. The second kappa shape index (κ2) is 15.1. The molecule has 10 nitrogen and oxygen atoms in total. The second-order valence-corrected chi connectivity index (χ2v) is 17.7. The summed E-state index contributed by atoms with van der Waals surface area (Å²) in [5.74, 6) is -0.968. The van der Waals surface area contributed by atoms with Gasteiger partial charge in [0.05, 0.1) is 24.0 Å². The molecule has 2 unspecified atom stereocenters. The fraction of sp³-hybridized carbons (Fsp3) is 0.472. The predicted molar refractivity (Wildman–Crippen MR) is 187 cm³/mol. The molecule has 5 rings (SSSR count). The van der Waals surface area contributed by atoms with E-state index in [-0.39, 0.29) is 12.5 Å². The largest absolute Gasteiger partial charge is 0.516 e. The molecule has 2 aromatic carbocycles. The minimum atomic E-state index is -1.31. The number of carbonyl (C=O) groups is 2. The molecule has 0 bridgehead atoms. The molecule has 0 aromatic heterocycles. The molecular weight excluding hydrogens is 617 g/mol. The maximum absolute atomic E-state index is 12.6. The molecular formula is C36H46N3O7P. The van der Waals surface area contributed by atoms with Crippen LogP contribution in [0, 0.1) is 11.8 Å². The molecule has 1 aliphatic carbocycles. The lowest BCUT2D eigenvalue weighted by Gasteiger charge is -2.25. The molecule has 252 valence electrons. The zero-order valence-corrected chi connectivity index (χ0v) is 28.2. The lowest BCUT2D eigenvalue weighted by Crippen LogP contribution is -2.39. The van der Waals surface area contributed by atoms with Crippen molar-refractivity contribution in [3.63, 3.8) is 0 Å².